The second kappa shape index (κ2) is 17.0. The molecule has 0 saturated carbocycles. The molecule has 0 amide bonds. The number of quaternary nitrogens is 1. The van der Waals surface area contributed by atoms with Gasteiger partial charge in [0.2, 0.25) is 0 Å². The third-order valence-electron chi connectivity index (χ3n) is 4.70. The topological polar surface area (TPSA) is 3.24 Å². The number of nitrogens with zero attached hydrogens (tertiary/aromatic N) is 2. The highest BCUT2D eigenvalue weighted by Crippen LogP contribution is 2.24. The Hall–Kier alpha value is 1.40. The Morgan fingerprint density at radius 2 is 1.00 bits per heavy atom. The Morgan fingerprint density at radius 3 is 1.16 bits per heavy atom. The monoisotopic (exact) mass is 954 g/mol. The molecule has 0 unspecified atom stereocenters. The lowest BCUT2D eigenvalue weighted by Gasteiger charge is -2.48. The minimum Gasteiger partial charge on any atom is -1.00 e. The van der Waals surface area contributed by atoms with Crippen molar-refractivity contribution in [1.82, 2.24) is 4.90 Å². The molecule has 0 atom stereocenters. The Labute approximate surface area is 260 Å². The molecule has 3 saturated heterocycles. The molecule has 0 aromatic heterocycles. The van der Waals surface area contributed by atoms with Crippen LogP contribution < -0.4 is 24.0 Å². The Balaban J connectivity index is 0.000000567. The molecular formula is C20H16Cl3F3I4N2. The normalized spacial score (nSPS) is 19.8. The molecule has 12 heteroatoms. The molecule has 0 radical (unpaired) electrons. The summed E-state index contributed by atoms with van der Waals surface area (Å²) in [5.74, 6) is 3.45. The third-order valence-corrected chi connectivity index (χ3v) is 5.51. The maximum absolute atomic E-state index is 13.8. The Kier molecular flexibility index (Phi) is 17.7. The average molecular weight is 955 g/mol. The van der Waals surface area contributed by atoms with E-state index in [0.717, 1.165) is 0 Å². The molecule has 0 spiro atoms. The summed E-state index contributed by atoms with van der Waals surface area (Å²) < 4.78 is 49.2. The van der Waals surface area contributed by atoms with Crippen molar-refractivity contribution in [3.63, 3.8) is 0 Å². The van der Waals surface area contributed by atoms with Gasteiger partial charge in [-0.1, -0.05) is 34.8 Å². The SMILES string of the molecule is C[N+]12CCN(CC1)CC2.ClC(Cl)Cl.Fc1c(C#CI)c(F)c(C#CI)c(F)c1C#CI.[I-]. The fraction of sp³-hybridized carbons (Fsp3) is 0.400. The van der Waals surface area contributed by atoms with E-state index in [1.807, 2.05) is 0 Å². The summed E-state index contributed by atoms with van der Waals surface area (Å²) in [6.45, 7) is 8.20. The summed E-state index contributed by atoms with van der Waals surface area (Å²) in [5.41, 5.74) is -1.56. The minimum absolute atomic E-state index is 0. The largest absolute Gasteiger partial charge is 1.00 e. The number of benzene rings is 1. The van der Waals surface area contributed by atoms with E-state index in [-0.39, 0.29) is 24.0 Å². The molecule has 176 valence electrons. The minimum atomic E-state index is -1.10. The maximum Gasteiger partial charge on any atom is 0.180 e. The van der Waals surface area contributed by atoms with Crippen molar-refractivity contribution in [2.45, 2.75) is 4.30 Å². The molecule has 2 nitrogen and oxygen atoms in total. The lowest BCUT2D eigenvalue weighted by molar-refractivity contribution is -0.922. The predicted octanol–water partition coefficient (Wildman–Crippen LogP) is 3.09. The van der Waals surface area contributed by atoms with Crippen LogP contribution in [0.5, 0.6) is 0 Å². The van der Waals surface area contributed by atoms with E-state index in [9.17, 15) is 13.2 Å². The molecule has 1 aromatic carbocycles. The van der Waals surface area contributed by atoms with Crippen molar-refractivity contribution >= 4 is 103 Å². The first kappa shape index (κ1) is 33.4. The number of fused-ring (bicyclic) bond motifs is 3. The number of hydrogen-bond donors (Lipinski definition) is 0. The van der Waals surface area contributed by atoms with Gasteiger partial charge in [0.25, 0.3) is 0 Å². The second-order valence-electron chi connectivity index (χ2n) is 6.60. The third kappa shape index (κ3) is 10.6. The molecule has 4 rings (SSSR count). The van der Waals surface area contributed by atoms with Gasteiger partial charge in [0.1, 0.15) is 0 Å². The highest BCUT2D eigenvalue weighted by molar-refractivity contribution is 14.1. The van der Waals surface area contributed by atoms with Crippen LogP contribution in [0.1, 0.15) is 16.7 Å². The van der Waals surface area contributed by atoms with E-state index in [1.165, 1.54) is 43.8 Å². The number of hydrogen-bond acceptors (Lipinski definition) is 1. The van der Waals surface area contributed by atoms with E-state index >= 15 is 0 Å². The summed E-state index contributed by atoms with van der Waals surface area (Å²) in [7, 11) is 2.39. The van der Waals surface area contributed by atoms with Gasteiger partial charge in [-0.05, 0) is 29.5 Å². The number of alkyl halides is 3. The standard InChI is InChI=1S/C12F3I3.C7H15N2.CHCl3.HI/c13-10-7(1-4-16)11(14)9(3-6-18)12(15)8(10)2-5-17;1-9-5-2-8(3-6-9)4-7-9;2-1(3)4;/h;2-7H2,1H3;1H;1H/q;+1;;/p-1. The van der Waals surface area contributed by atoms with Crippen LogP contribution in [0.15, 0.2) is 0 Å². The molecule has 2 bridgehead atoms. The van der Waals surface area contributed by atoms with Crippen molar-refractivity contribution in [2.75, 3.05) is 46.3 Å². The van der Waals surface area contributed by atoms with Crippen LogP contribution >= 0.6 is 103 Å². The first-order valence-electron chi connectivity index (χ1n) is 8.63. The summed E-state index contributed by atoms with van der Waals surface area (Å²) in [5, 5.41) is 0. The van der Waals surface area contributed by atoms with Crippen molar-refractivity contribution < 1.29 is 41.6 Å². The van der Waals surface area contributed by atoms with Crippen LogP contribution in [0.2, 0.25) is 0 Å². The van der Waals surface area contributed by atoms with E-state index in [0.29, 0.717) is 0 Å². The van der Waals surface area contributed by atoms with Crippen molar-refractivity contribution in [2.24, 2.45) is 0 Å². The molecule has 3 heterocycles. The predicted molar refractivity (Wildman–Crippen MR) is 148 cm³/mol. The van der Waals surface area contributed by atoms with E-state index in [1.54, 1.807) is 67.8 Å². The quantitative estimate of drug-likeness (QED) is 0.168. The van der Waals surface area contributed by atoms with Gasteiger partial charge < -0.3 is 28.5 Å². The zero-order chi connectivity index (χ0) is 23.6. The number of rotatable bonds is 0. The van der Waals surface area contributed by atoms with Crippen LogP contribution in [0.3, 0.4) is 0 Å². The van der Waals surface area contributed by atoms with Gasteiger partial charge in [-0.15, -0.1) is 0 Å². The lowest BCUT2D eigenvalue weighted by atomic mass is 10.0. The smallest absolute Gasteiger partial charge is 0.180 e. The summed E-state index contributed by atoms with van der Waals surface area (Å²) in [6.07, 6.45) is 0. The number of halogens is 10. The second-order valence-corrected chi connectivity index (χ2v) is 10.2. The zero-order valence-electron chi connectivity index (χ0n) is 16.5. The van der Waals surface area contributed by atoms with Crippen LogP contribution in [-0.4, -0.2) is 60.0 Å². The van der Waals surface area contributed by atoms with E-state index < -0.39 is 38.4 Å². The molecular weight excluding hydrogens is 939 g/mol. The fourth-order valence-corrected chi connectivity index (χ4v) is 3.76. The highest BCUT2D eigenvalue weighted by atomic mass is 127. The number of piperazine rings is 3. The van der Waals surface area contributed by atoms with Crippen LogP contribution in [0.4, 0.5) is 13.2 Å². The average Bonchev–Trinajstić information content (AvgIpc) is 2.72. The van der Waals surface area contributed by atoms with Crippen LogP contribution in [0, 0.1) is 47.0 Å². The zero-order valence-corrected chi connectivity index (χ0v) is 27.4. The van der Waals surface area contributed by atoms with Gasteiger partial charge in [-0.25, -0.2) is 13.2 Å². The van der Waals surface area contributed by atoms with Gasteiger partial charge in [0.15, 0.2) is 21.7 Å². The maximum atomic E-state index is 13.8. The molecule has 3 aliphatic rings. The van der Waals surface area contributed by atoms with E-state index in [4.69, 9.17) is 34.8 Å². The van der Waals surface area contributed by atoms with Crippen molar-refractivity contribution in [3.05, 3.63) is 34.1 Å². The summed E-state index contributed by atoms with van der Waals surface area (Å²) in [4.78, 5) is 2.57. The first-order valence-corrected chi connectivity index (χ1v) is 13.2. The Morgan fingerprint density at radius 1 is 0.750 bits per heavy atom. The Bertz CT molecular complexity index is 835. The van der Waals surface area contributed by atoms with E-state index in [2.05, 4.69) is 41.5 Å². The highest BCUT2D eigenvalue weighted by Gasteiger charge is 2.34. The van der Waals surface area contributed by atoms with Crippen LogP contribution in [-0.2, 0) is 0 Å². The molecule has 32 heavy (non-hydrogen) atoms. The first-order chi connectivity index (χ1) is 14.6. The number of likely N-dealkylation sites (N-methyl/N-ethyl adjacent to an activating group) is 1. The molecule has 1 aromatic rings. The summed E-state index contributed by atoms with van der Waals surface area (Å²) in [6, 6.07) is 0. The fourth-order valence-electron chi connectivity index (χ4n) is 2.95. The molecule has 3 aliphatic heterocycles. The molecule has 3 fully saturated rings. The van der Waals surface area contributed by atoms with Crippen molar-refractivity contribution in [3.8, 4) is 29.5 Å². The summed E-state index contributed by atoms with van der Waals surface area (Å²) >= 11 is 19.3. The van der Waals surface area contributed by atoms with Crippen molar-refractivity contribution in [1.29, 1.82) is 0 Å². The van der Waals surface area contributed by atoms with Gasteiger partial charge in [0, 0.05) is 87.4 Å². The van der Waals surface area contributed by atoms with Gasteiger partial charge in [-0.2, -0.15) is 0 Å². The molecule has 0 aliphatic carbocycles. The molecule has 0 N–H and O–H groups in total. The van der Waals surface area contributed by atoms with Gasteiger partial charge in [0.05, 0.1) is 43.4 Å². The van der Waals surface area contributed by atoms with Gasteiger partial charge >= 0.3 is 0 Å². The van der Waals surface area contributed by atoms with Crippen LogP contribution in [0.25, 0.3) is 0 Å². The lowest BCUT2D eigenvalue weighted by Crippen LogP contribution is -3.00. The van der Waals surface area contributed by atoms with Gasteiger partial charge in [-0.3, -0.25) is 4.90 Å².